The Bertz CT molecular complexity index is 1570. The third kappa shape index (κ3) is 5.01. The number of anilines is 1. The summed E-state index contributed by atoms with van der Waals surface area (Å²) >= 11 is 21.8. The molecule has 3 aromatic carbocycles. The average molecular weight is 615 g/mol. The van der Waals surface area contributed by atoms with Gasteiger partial charge in [0.15, 0.2) is 5.11 Å². The van der Waals surface area contributed by atoms with Crippen molar-refractivity contribution >= 4 is 85.0 Å². The number of hydrogen-bond acceptors (Lipinski definition) is 3. The number of carbonyl (C=O) groups excluding carboxylic acids is 1. The number of halogens is 3. The predicted molar refractivity (Wildman–Crippen MR) is 159 cm³/mol. The lowest BCUT2D eigenvalue weighted by atomic mass is 10.1. The minimum absolute atomic E-state index is 0.187. The lowest BCUT2D eigenvalue weighted by Crippen LogP contribution is -2.31. The number of amides is 1. The van der Waals surface area contributed by atoms with E-state index in [0.717, 1.165) is 32.3 Å². The summed E-state index contributed by atoms with van der Waals surface area (Å²) < 4.78 is 8.59. The first-order valence-electron chi connectivity index (χ1n) is 11.6. The van der Waals surface area contributed by atoms with E-state index in [9.17, 15) is 4.79 Å². The number of rotatable bonds is 6. The zero-order chi connectivity index (χ0) is 26.3. The summed E-state index contributed by atoms with van der Waals surface area (Å²) in [5.41, 5.74) is 4.04. The molecule has 1 amide bonds. The summed E-state index contributed by atoms with van der Waals surface area (Å²) in [4.78, 5) is 16.9. The van der Waals surface area contributed by atoms with E-state index in [1.165, 1.54) is 0 Å². The normalized spacial score (nSPS) is 14.9. The van der Waals surface area contributed by atoms with Gasteiger partial charge in [0.1, 0.15) is 11.4 Å². The Kier molecular flexibility index (Phi) is 7.32. The fourth-order valence-corrected chi connectivity index (χ4v) is 5.48. The molecule has 1 aliphatic rings. The van der Waals surface area contributed by atoms with Gasteiger partial charge in [-0.15, -0.1) is 0 Å². The van der Waals surface area contributed by atoms with Crippen molar-refractivity contribution in [1.29, 1.82) is 0 Å². The molecule has 1 saturated heterocycles. The fraction of sp³-hybridized carbons (Fsp3) is 0.143. The molecule has 1 fully saturated rings. The highest BCUT2D eigenvalue weighted by molar-refractivity contribution is 9.10. The first-order chi connectivity index (χ1) is 17.8. The summed E-state index contributed by atoms with van der Waals surface area (Å²) in [6.45, 7) is 3.06. The van der Waals surface area contributed by atoms with Crippen LogP contribution in [-0.2, 0) is 11.3 Å². The number of carbonyl (C=O) groups is 1. The van der Waals surface area contributed by atoms with Crippen LogP contribution in [0.4, 0.5) is 5.69 Å². The Morgan fingerprint density at radius 1 is 1.05 bits per heavy atom. The smallest absolute Gasteiger partial charge is 0.281 e. The molecule has 37 heavy (non-hydrogen) atoms. The molecule has 0 atom stereocenters. The minimum atomic E-state index is -0.187. The van der Waals surface area contributed by atoms with Crippen LogP contribution in [0.5, 0.6) is 5.75 Å². The molecule has 0 N–H and O–H groups in total. The molecule has 9 heteroatoms. The number of aromatic nitrogens is 1. The van der Waals surface area contributed by atoms with Crippen molar-refractivity contribution in [2.45, 2.75) is 13.5 Å². The number of nitrogens with zero attached hydrogens (tertiary/aromatic N) is 3. The van der Waals surface area contributed by atoms with Crippen LogP contribution in [0.1, 0.15) is 18.1 Å². The topological polar surface area (TPSA) is 37.7 Å². The third-order valence-electron chi connectivity index (χ3n) is 6.19. The van der Waals surface area contributed by atoms with Gasteiger partial charge in [-0.25, -0.2) is 0 Å². The van der Waals surface area contributed by atoms with Crippen LogP contribution in [0.3, 0.4) is 0 Å². The molecule has 5 nitrogen and oxygen atoms in total. The van der Waals surface area contributed by atoms with Crippen LogP contribution in [0.15, 0.2) is 77.0 Å². The van der Waals surface area contributed by atoms with E-state index < -0.39 is 0 Å². The Balaban J connectivity index is 1.54. The molecule has 5 rings (SSSR count). The van der Waals surface area contributed by atoms with Crippen molar-refractivity contribution in [3.05, 3.63) is 98.2 Å². The maximum absolute atomic E-state index is 13.6. The second-order valence-corrected chi connectivity index (χ2v) is 10.7. The highest BCUT2D eigenvalue weighted by Gasteiger charge is 2.37. The molecule has 0 saturated carbocycles. The van der Waals surface area contributed by atoms with Crippen LogP contribution in [0, 0.1) is 0 Å². The number of thiocarbonyl (C=S) groups is 1. The van der Waals surface area contributed by atoms with Gasteiger partial charge in [0, 0.05) is 50.8 Å². The van der Waals surface area contributed by atoms with Crippen LogP contribution < -0.4 is 9.64 Å². The van der Waals surface area contributed by atoms with Gasteiger partial charge in [-0.05, 0) is 85.4 Å². The average Bonchev–Trinajstić information content (AvgIpc) is 3.30. The molecule has 1 aliphatic heterocycles. The van der Waals surface area contributed by atoms with Crippen molar-refractivity contribution in [3.8, 4) is 5.75 Å². The summed E-state index contributed by atoms with van der Waals surface area (Å²) in [5.74, 6) is 0.556. The van der Waals surface area contributed by atoms with Crippen molar-refractivity contribution < 1.29 is 9.53 Å². The molecule has 4 aromatic rings. The molecular weight excluding hydrogens is 593 g/mol. The summed E-state index contributed by atoms with van der Waals surface area (Å²) in [6, 6.07) is 18.9. The Morgan fingerprint density at radius 2 is 1.81 bits per heavy atom. The number of fused-ring (bicyclic) bond motifs is 1. The minimum Gasteiger partial charge on any atom is -0.494 e. The van der Waals surface area contributed by atoms with Gasteiger partial charge >= 0.3 is 0 Å². The van der Waals surface area contributed by atoms with Crippen molar-refractivity contribution in [2.24, 2.45) is 0 Å². The van der Waals surface area contributed by atoms with E-state index in [0.29, 0.717) is 39.7 Å². The van der Waals surface area contributed by atoms with E-state index in [-0.39, 0.29) is 5.91 Å². The molecule has 2 heterocycles. The van der Waals surface area contributed by atoms with Crippen LogP contribution in [0.2, 0.25) is 10.0 Å². The van der Waals surface area contributed by atoms with Crippen molar-refractivity contribution in [1.82, 2.24) is 9.47 Å². The van der Waals surface area contributed by atoms with Crippen LogP contribution in [0.25, 0.3) is 17.0 Å². The van der Waals surface area contributed by atoms with Gasteiger partial charge in [-0.1, -0.05) is 45.2 Å². The van der Waals surface area contributed by atoms with E-state index >= 15 is 0 Å². The molecule has 188 valence electrons. The van der Waals surface area contributed by atoms with Gasteiger partial charge in [0.2, 0.25) is 0 Å². The maximum atomic E-state index is 13.6. The standard InChI is InChI=1S/C28H22BrCl2N3O2S/c1-3-36-22-9-7-21(8-10-22)34-27(35)26(32(2)28(34)37)12-18-16-33(25-11-5-19(29)13-23(18)25)15-17-4-6-20(30)14-24(17)31/h4-14,16H,3,15H2,1-2H3/b26-12-. The van der Waals surface area contributed by atoms with Crippen LogP contribution in [-0.4, -0.2) is 34.1 Å². The van der Waals surface area contributed by atoms with Crippen molar-refractivity contribution in [2.75, 3.05) is 18.6 Å². The molecule has 0 bridgehead atoms. The third-order valence-corrected chi connectivity index (χ3v) is 7.73. The molecule has 1 aromatic heterocycles. The molecule has 0 radical (unpaired) electrons. The van der Waals surface area contributed by atoms with Crippen LogP contribution >= 0.6 is 51.3 Å². The highest BCUT2D eigenvalue weighted by Crippen LogP contribution is 2.33. The quantitative estimate of drug-likeness (QED) is 0.164. The van der Waals surface area contributed by atoms with E-state index in [2.05, 4.69) is 20.5 Å². The summed E-state index contributed by atoms with van der Waals surface area (Å²) in [6.07, 6.45) is 3.91. The van der Waals surface area contributed by atoms with Gasteiger partial charge in [0.05, 0.1) is 12.3 Å². The molecular formula is C28H22BrCl2N3O2S. The highest BCUT2D eigenvalue weighted by atomic mass is 79.9. The van der Waals surface area contributed by atoms with E-state index in [4.69, 9.17) is 40.2 Å². The lowest BCUT2D eigenvalue weighted by Gasteiger charge is -2.16. The molecule has 0 aliphatic carbocycles. The predicted octanol–water partition coefficient (Wildman–Crippen LogP) is 7.76. The number of benzene rings is 3. The lowest BCUT2D eigenvalue weighted by molar-refractivity contribution is -0.114. The van der Waals surface area contributed by atoms with Gasteiger partial charge < -0.3 is 14.2 Å². The summed E-state index contributed by atoms with van der Waals surface area (Å²) in [5, 5.41) is 2.61. The molecule has 0 spiro atoms. The second-order valence-electron chi connectivity index (χ2n) is 8.55. The van der Waals surface area contributed by atoms with Gasteiger partial charge in [-0.3, -0.25) is 9.69 Å². The number of ether oxygens (including phenoxy) is 1. The zero-order valence-corrected chi connectivity index (χ0v) is 24.0. The Morgan fingerprint density at radius 3 is 2.51 bits per heavy atom. The fourth-order valence-electron chi connectivity index (χ4n) is 4.37. The van der Waals surface area contributed by atoms with Gasteiger partial charge in [0.25, 0.3) is 5.91 Å². The number of hydrogen-bond donors (Lipinski definition) is 0. The van der Waals surface area contributed by atoms with E-state index in [1.807, 2.05) is 80.8 Å². The second kappa shape index (κ2) is 10.5. The van der Waals surface area contributed by atoms with Gasteiger partial charge in [-0.2, -0.15) is 0 Å². The Hall–Kier alpha value is -2.84. The maximum Gasteiger partial charge on any atom is 0.281 e. The Labute approximate surface area is 238 Å². The largest absolute Gasteiger partial charge is 0.494 e. The first-order valence-corrected chi connectivity index (χ1v) is 13.5. The molecule has 0 unspecified atom stereocenters. The zero-order valence-electron chi connectivity index (χ0n) is 20.0. The van der Waals surface area contributed by atoms with Crippen molar-refractivity contribution in [3.63, 3.8) is 0 Å². The first kappa shape index (κ1) is 25.8. The number of likely N-dealkylation sites (N-methyl/N-ethyl adjacent to an activating group) is 1. The summed E-state index contributed by atoms with van der Waals surface area (Å²) in [7, 11) is 1.81. The van der Waals surface area contributed by atoms with E-state index in [1.54, 1.807) is 15.9 Å². The SMILES string of the molecule is CCOc1ccc(N2C(=O)/C(=C/c3cn(Cc4ccc(Cl)cc4Cl)c4ccc(Br)cc34)N(C)C2=S)cc1. The monoisotopic (exact) mass is 613 g/mol.